The molecule has 0 spiro atoms. The van der Waals surface area contributed by atoms with Crippen LogP contribution in [-0.2, 0) is 6.18 Å². The van der Waals surface area contributed by atoms with Gasteiger partial charge in [0.15, 0.2) is 0 Å². The highest BCUT2D eigenvalue weighted by molar-refractivity contribution is 5.94. The number of anilines is 2. The summed E-state index contributed by atoms with van der Waals surface area (Å²) < 4.78 is 37.8. The lowest BCUT2D eigenvalue weighted by Crippen LogP contribution is -2.10. The lowest BCUT2D eigenvalue weighted by Gasteiger charge is -2.10. The Morgan fingerprint density at radius 1 is 1.00 bits per heavy atom. The van der Waals surface area contributed by atoms with Gasteiger partial charge >= 0.3 is 6.18 Å². The minimum Gasteiger partial charge on any atom is -0.366 e. The first-order valence-corrected chi connectivity index (χ1v) is 7.49. The molecule has 0 unspecified atom stereocenters. The largest absolute Gasteiger partial charge is 0.416 e. The fourth-order valence-electron chi connectivity index (χ4n) is 2.31. The van der Waals surface area contributed by atoms with Crippen LogP contribution in [-0.4, -0.2) is 15.9 Å². The van der Waals surface area contributed by atoms with Crippen LogP contribution in [0, 0.1) is 0 Å². The minimum atomic E-state index is -4.38. The second-order valence-corrected chi connectivity index (χ2v) is 5.43. The molecule has 2 aromatic carbocycles. The first kappa shape index (κ1) is 17.4. The van der Waals surface area contributed by atoms with E-state index >= 15 is 0 Å². The average molecular weight is 358 g/mol. The molecule has 0 bridgehead atoms. The predicted octanol–water partition coefficient (Wildman–Crippen LogP) is 4.00. The monoisotopic (exact) mass is 358 g/mol. The number of hydrogen-bond donors (Lipinski definition) is 2. The summed E-state index contributed by atoms with van der Waals surface area (Å²) in [5, 5.41) is 2.92. The van der Waals surface area contributed by atoms with Crippen molar-refractivity contribution in [2.45, 2.75) is 6.18 Å². The summed E-state index contributed by atoms with van der Waals surface area (Å²) in [7, 11) is 0. The first-order chi connectivity index (χ1) is 12.3. The molecule has 132 valence electrons. The van der Waals surface area contributed by atoms with Gasteiger partial charge in [-0.15, -0.1) is 0 Å². The van der Waals surface area contributed by atoms with Gasteiger partial charge in [-0.1, -0.05) is 12.1 Å². The van der Waals surface area contributed by atoms with Crippen LogP contribution in [0.2, 0.25) is 0 Å². The Balaban J connectivity index is 1.84. The topological polar surface area (TPSA) is 80.9 Å². The second kappa shape index (κ2) is 6.83. The minimum absolute atomic E-state index is 0.346. The van der Waals surface area contributed by atoms with E-state index in [0.29, 0.717) is 28.3 Å². The summed E-state index contributed by atoms with van der Waals surface area (Å²) in [5.41, 5.74) is 6.55. The van der Waals surface area contributed by atoms with Crippen LogP contribution in [0.1, 0.15) is 15.9 Å². The van der Waals surface area contributed by atoms with E-state index < -0.39 is 17.6 Å². The van der Waals surface area contributed by atoms with Gasteiger partial charge in [-0.05, 0) is 36.4 Å². The van der Waals surface area contributed by atoms with E-state index in [2.05, 4.69) is 15.3 Å². The van der Waals surface area contributed by atoms with Crippen molar-refractivity contribution in [1.82, 2.24) is 9.97 Å². The van der Waals surface area contributed by atoms with Gasteiger partial charge in [0.2, 0.25) is 5.91 Å². The fourth-order valence-corrected chi connectivity index (χ4v) is 2.31. The first-order valence-electron chi connectivity index (χ1n) is 7.49. The third kappa shape index (κ3) is 3.97. The van der Waals surface area contributed by atoms with Gasteiger partial charge in [-0.3, -0.25) is 4.79 Å². The average Bonchev–Trinajstić information content (AvgIpc) is 2.62. The van der Waals surface area contributed by atoms with Gasteiger partial charge in [0.05, 0.1) is 11.3 Å². The van der Waals surface area contributed by atoms with E-state index in [1.54, 1.807) is 30.3 Å². The van der Waals surface area contributed by atoms with Crippen molar-refractivity contribution >= 4 is 17.4 Å². The molecule has 3 rings (SSSR count). The molecule has 0 fully saturated rings. The summed E-state index contributed by atoms with van der Waals surface area (Å²) >= 11 is 0. The number of amides is 1. The van der Waals surface area contributed by atoms with E-state index in [1.165, 1.54) is 18.5 Å². The zero-order valence-corrected chi connectivity index (χ0v) is 13.3. The molecule has 0 aliphatic rings. The molecule has 1 amide bonds. The normalized spacial score (nSPS) is 11.2. The molecule has 1 aromatic heterocycles. The Morgan fingerprint density at radius 2 is 1.73 bits per heavy atom. The number of benzene rings is 2. The number of nitrogens with one attached hydrogen (secondary N) is 1. The Labute approximate surface area is 146 Å². The molecule has 3 aromatic rings. The number of carbonyl (C=O) groups excluding carboxylic acids is 1. The maximum atomic E-state index is 12.6. The number of primary amides is 1. The van der Waals surface area contributed by atoms with Gasteiger partial charge < -0.3 is 11.1 Å². The Kier molecular flexibility index (Phi) is 4.57. The van der Waals surface area contributed by atoms with Crippen LogP contribution in [0.5, 0.6) is 0 Å². The highest BCUT2D eigenvalue weighted by Gasteiger charge is 2.29. The molecular weight excluding hydrogens is 345 g/mol. The highest BCUT2D eigenvalue weighted by Crippen LogP contribution is 2.30. The summed E-state index contributed by atoms with van der Waals surface area (Å²) in [6.45, 7) is 0. The number of alkyl halides is 3. The van der Waals surface area contributed by atoms with Gasteiger partial charge in [0.1, 0.15) is 12.1 Å². The van der Waals surface area contributed by atoms with Crippen molar-refractivity contribution in [2.24, 2.45) is 5.73 Å². The Hall–Kier alpha value is -3.42. The molecule has 0 aliphatic carbocycles. The summed E-state index contributed by atoms with van der Waals surface area (Å²) in [6, 6.07) is 12.9. The quantitative estimate of drug-likeness (QED) is 0.739. The molecule has 8 heteroatoms. The van der Waals surface area contributed by atoms with Crippen molar-refractivity contribution < 1.29 is 18.0 Å². The molecule has 0 radical (unpaired) electrons. The van der Waals surface area contributed by atoms with Gasteiger partial charge in [0, 0.05) is 22.9 Å². The van der Waals surface area contributed by atoms with Crippen LogP contribution < -0.4 is 11.1 Å². The van der Waals surface area contributed by atoms with E-state index in [1.807, 2.05) is 0 Å². The number of halogens is 3. The van der Waals surface area contributed by atoms with Gasteiger partial charge in [0.25, 0.3) is 0 Å². The lowest BCUT2D eigenvalue weighted by atomic mass is 10.1. The SMILES string of the molecule is NC(=O)c1cccc(-c2cc(Nc3ccc(C(F)(F)F)cc3)ncn2)c1. The second-order valence-electron chi connectivity index (χ2n) is 5.43. The standard InChI is InChI=1S/C18H13F3N4O/c19-18(20,21)13-4-6-14(7-5-13)25-16-9-15(23-10-24-16)11-2-1-3-12(8-11)17(22)26/h1-10H,(H2,22,26)(H,23,24,25). The van der Waals surface area contributed by atoms with Gasteiger partial charge in [-0.25, -0.2) is 9.97 Å². The number of aromatic nitrogens is 2. The van der Waals surface area contributed by atoms with Crippen LogP contribution in [0.25, 0.3) is 11.3 Å². The van der Waals surface area contributed by atoms with Crippen molar-refractivity contribution in [3.05, 3.63) is 72.1 Å². The maximum absolute atomic E-state index is 12.6. The molecule has 5 nitrogen and oxygen atoms in total. The molecule has 3 N–H and O–H groups in total. The molecule has 0 aliphatic heterocycles. The van der Waals surface area contributed by atoms with Crippen LogP contribution in [0.3, 0.4) is 0 Å². The predicted molar refractivity (Wildman–Crippen MR) is 90.7 cm³/mol. The Bertz CT molecular complexity index is 940. The molecule has 0 atom stereocenters. The van der Waals surface area contributed by atoms with Crippen molar-refractivity contribution in [1.29, 1.82) is 0 Å². The van der Waals surface area contributed by atoms with E-state index in [4.69, 9.17) is 5.73 Å². The molecular formula is C18H13F3N4O. The smallest absolute Gasteiger partial charge is 0.366 e. The van der Waals surface area contributed by atoms with Crippen molar-refractivity contribution in [3.8, 4) is 11.3 Å². The van der Waals surface area contributed by atoms with Crippen LogP contribution >= 0.6 is 0 Å². The highest BCUT2D eigenvalue weighted by atomic mass is 19.4. The molecule has 0 saturated carbocycles. The lowest BCUT2D eigenvalue weighted by molar-refractivity contribution is -0.137. The zero-order chi connectivity index (χ0) is 18.7. The number of nitrogens with two attached hydrogens (primary N) is 1. The number of carbonyl (C=O) groups is 1. The van der Waals surface area contributed by atoms with Crippen LogP contribution in [0.15, 0.2) is 60.9 Å². The van der Waals surface area contributed by atoms with Crippen LogP contribution in [0.4, 0.5) is 24.7 Å². The number of rotatable bonds is 4. The summed E-state index contributed by atoms with van der Waals surface area (Å²) in [6.07, 6.45) is -3.06. The fraction of sp³-hybridized carbons (Fsp3) is 0.0556. The van der Waals surface area contributed by atoms with Crippen molar-refractivity contribution in [2.75, 3.05) is 5.32 Å². The third-order valence-electron chi connectivity index (χ3n) is 3.59. The molecule has 26 heavy (non-hydrogen) atoms. The van der Waals surface area contributed by atoms with E-state index in [-0.39, 0.29) is 0 Å². The maximum Gasteiger partial charge on any atom is 0.416 e. The summed E-state index contributed by atoms with van der Waals surface area (Å²) in [4.78, 5) is 19.5. The van der Waals surface area contributed by atoms with E-state index in [9.17, 15) is 18.0 Å². The number of nitrogens with zero attached hydrogens (tertiary/aromatic N) is 2. The van der Waals surface area contributed by atoms with Crippen molar-refractivity contribution in [3.63, 3.8) is 0 Å². The van der Waals surface area contributed by atoms with Gasteiger partial charge in [-0.2, -0.15) is 13.2 Å². The number of hydrogen-bond acceptors (Lipinski definition) is 4. The molecule has 0 saturated heterocycles. The Morgan fingerprint density at radius 3 is 2.38 bits per heavy atom. The third-order valence-corrected chi connectivity index (χ3v) is 3.59. The molecule has 1 heterocycles. The van der Waals surface area contributed by atoms with E-state index in [0.717, 1.165) is 12.1 Å². The summed E-state index contributed by atoms with van der Waals surface area (Å²) in [5.74, 6) is -0.150. The zero-order valence-electron chi connectivity index (χ0n) is 13.3.